The van der Waals surface area contributed by atoms with Crippen LogP contribution in [-0.2, 0) is 4.79 Å². The van der Waals surface area contributed by atoms with E-state index in [0.29, 0.717) is 12.2 Å². The Morgan fingerprint density at radius 1 is 1.43 bits per heavy atom. The molecule has 0 fully saturated rings. The molecule has 0 spiro atoms. The first-order valence-corrected chi connectivity index (χ1v) is 4.62. The van der Waals surface area contributed by atoms with Crippen LogP contribution in [0.25, 0.3) is 0 Å². The van der Waals surface area contributed by atoms with Gasteiger partial charge < -0.3 is 9.84 Å². The van der Waals surface area contributed by atoms with E-state index in [1.807, 2.05) is 6.07 Å². The second-order valence-corrected chi connectivity index (χ2v) is 3.17. The summed E-state index contributed by atoms with van der Waals surface area (Å²) in [5.74, 6) is 0.236. The average Bonchev–Trinajstić information content (AvgIpc) is 2.16. The van der Waals surface area contributed by atoms with Crippen molar-refractivity contribution in [2.75, 3.05) is 0 Å². The number of para-hydroxylation sites is 1. The zero-order valence-electron chi connectivity index (χ0n) is 8.14. The van der Waals surface area contributed by atoms with Crippen molar-refractivity contribution >= 4 is 5.97 Å². The smallest absolute Gasteiger partial charge is 0.311 e. The maximum Gasteiger partial charge on any atom is 0.311 e. The lowest BCUT2D eigenvalue weighted by Gasteiger charge is -2.04. The molecule has 76 valence electrons. The van der Waals surface area contributed by atoms with Gasteiger partial charge in [0.25, 0.3) is 0 Å². The molecule has 0 aromatic heterocycles. The second kappa shape index (κ2) is 5.40. The summed E-state index contributed by atoms with van der Waals surface area (Å²) >= 11 is 0. The Bertz CT molecular complexity index is 280. The Balaban J connectivity index is 2.35. The zero-order chi connectivity index (χ0) is 10.4. The maximum atomic E-state index is 11.2. The van der Waals surface area contributed by atoms with Gasteiger partial charge in [0.1, 0.15) is 5.75 Å². The third-order valence-corrected chi connectivity index (χ3v) is 1.74. The molecule has 14 heavy (non-hydrogen) atoms. The molecule has 0 aliphatic rings. The molecule has 0 saturated carbocycles. The molecule has 1 N–H and O–H groups in total. The molecule has 1 aromatic carbocycles. The minimum atomic E-state index is -0.460. The van der Waals surface area contributed by atoms with E-state index in [1.165, 1.54) is 0 Å². The predicted octanol–water partition coefficient (Wildman–Crippen LogP) is 1.75. The van der Waals surface area contributed by atoms with E-state index >= 15 is 0 Å². The molecule has 0 bridgehead atoms. The summed E-state index contributed by atoms with van der Waals surface area (Å²) in [6.45, 7) is 1.65. The summed E-state index contributed by atoms with van der Waals surface area (Å²) in [6, 6.07) is 8.91. The first kappa shape index (κ1) is 10.7. The second-order valence-electron chi connectivity index (χ2n) is 3.17. The standard InChI is InChI=1S/C11H14O3/c1-9(12)7-8-11(13)14-10-5-3-2-4-6-10/h2-6,9,12H,7-8H2,1H3. The van der Waals surface area contributed by atoms with Gasteiger partial charge in [0.15, 0.2) is 0 Å². The summed E-state index contributed by atoms with van der Waals surface area (Å²) in [5.41, 5.74) is 0. The summed E-state index contributed by atoms with van der Waals surface area (Å²) in [4.78, 5) is 11.2. The van der Waals surface area contributed by atoms with Gasteiger partial charge in [-0.05, 0) is 25.5 Å². The van der Waals surface area contributed by atoms with Gasteiger partial charge in [0, 0.05) is 6.42 Å². The lowest BCUT2D eigenvalue weighted by molar-refractivity contribution is -0.134. The van der Waals surface area contributed by atoms with Crippen molar-refractivity contribution in [3.05, 3.63) is 30.3 Å². The highest BCUT2D eigenvalue weighted by molar-refractivity contribution is 5.72. The van der Waals surface area contributed by atoms with Crippen LogP contribution < -0.4 is 4.74 Å². The van der Waals surface area contributed by atoms with Crippen molar-refractivity contribution < 1.29 is 14.6 Å². The number of hydrogen-bond acceptors (Lipinski definition) is 3. The number of hydrogen-bond donors (Lipinski definition) is 1. The van der Waals surface area contributed by atoms with Crippen molar-refractivity contribution in [3.63, 3.8) is 0 Å². The maximum absolute atomic E-state index is 11.2. The minimum Gasteiger partial charge on any atom is -0.427 e. The van der Waals surface area contributed by atoms with Crippen LogP contribution >= 0.6 is 0 Å². The lowest BCUT2D eigenvalue weighted by atomic mass is 10.2. The molecule has 1 atom stereocenters. The fourth-order valence-corrected chi connectivity index (χ4v) is 0.998. The normalized spacial score (nSPS) is 12.1. The molecular formula is C11H14O3. The van der Waals surface area contributed by atoms with Crippen LogP contribution in [0.4, 0.5) is 0 Å². The van der Waals surface area contributed by atoms with Crippen LogP contribution in [0.15, 0.2) is 30.3 Å². The van der Waals surface area contributed by atoms with E-state index < -0.39 is 6.10 Å². The van der Waals surface area contributed by atoms with Gasteiger partial charge in [0.2, 0.25) is 0 Å². The molecular weight excluding hydrogens is 180 g/mol. The van der Waals surface area contributed by atoms with E-state index in [9.17, 15) is 4.79 Å². The van der Waals surface area contributed by atoms with Crippen molar-refractivity contribution in [1.29, 1.82) is 0 Å². The summed E-state index contributed by atoms with van der Waals surface area (Å²) in [6.07, 6.45) is 0.219. The predicted molar refractivity (Wildman–Crippen MR) is 53.0 cm³/mol. The van der Waals surface area contributed by atoms with Crippen molar-refractivity contribution in [1.82, 2.24) is 0 Å². The number of ether oxygens (including phenoxy) is 1. The Labute approximate surface area is 83.3 Å². The topological polar surface area (TPSA) is 46.5 Å². The molecule has 0 saturated heterocycles. The highest BCUT2D eigenvalue weighted by Crippen LogP contribution is 2.10. The number of carbonyl (C=O) groups is 1. The average molecular weight is 194 g/mol. The van der Waals surface area contributed by atoms with Crippen LogP contribution in [0.1, 0.15) is 19.8 Å². The molecule has 3 heteroatoms. The van der Waals surface area contributed by atoms with Gasteiger partial charge in [-0.25, -0.2) is 0 Å². The first-order valence-electron chi connectivity index (χ1n) is 4.62. The largest absolute Gasteiger partial charge is 0.427 e. The number of rotatable bonds is 4. The Hall–Kier alpha value is -1.35. The quantitative estimate of drug-likeness (QED) is 0.586. The number of benzene rings is 1. The Morgan fingerprint density at radius 2 is 2.07 bits per heavy atom. The number of carbonyl (C=O) groups excluding carboxylic acids is 1. The fraction of sp³-hybridized carbons (Fsp3) is 0.364. The molecule has 0 amide bonds. The molecule has 1 unspecified atom stereocenters. The lowest BCUT2D eigenvalue weighted by Crippen LogP contribution is -2.11. The minimum absolute atomic E-state index is 0.243. The van der Waals surface area contributed by atoms with E-state index in [4.69, 9.17) is 9.84 Å². The highest BCUT2D eigenvalue weighted by atomic mass is 16.5. The van der Waals surface area contributed by atoms with Crippen LogP contribution in [0.3, 0.4) is 0 Å². The third-order valence-electron chi connectivity index (χ3n) is 1.74. The van der Waals surface area contributed by atoms with Crippen molar-refractivity contribution in [3.8, 4) is 5.75 Å². The Morgan fingerprint density at radius 3 is 2.64 bits per heavy atom. The number of esters is 1. The zero-order valence-corrected chi connectivity index (χ0v) is 8.14. The number of aliphatic hydroxyl groups excluding tert-OH is 1. The van der Waals surface area contributed by atoms with Crippen LogP contribution in [0, 0.1) is 0 Å². The molecule has 3 nitrogen and oxygen atoms in total. The molecule has 0 aliphatic carbocycles. The summed E-state index contributed by atoms with van der Waals surface area (Å²) in [7, 11) is 0. The van der Waals surface area contributed by atoms with E-state index in [1.54, 1.807) is 31.2 Å². The third kappa shape index (κ3) is 4.05. The monoisotopic (exact) mass is 194 g/mol. The van der Waals surface area contributed by atoms with Gasteiger partial charge in [-0.2, -0.15) is 0 Å². The molecule has 1 aromatic rings. The summed E-state index contributed by atoms with van der Waals surface area (Å²) < 4.78 is 5.01. The van der Waals surface area contributed by atoms with Crippen LogP contribution in [-0.4, -0.2) is 17.2 Å². The van der Waals surface area contributed by atoms with E-state index in [0.717, 1.165) is 0 Å². The Kier molecular flexibility index (Phi) is 4.13. The van der Waals surface area contributed by atoms with Crippen LogP contribution in [0.2, 0.25) is 0 Å². The molecule has 0 radical (unpaired) electrons. The van der Waals surface area contributed by atoms with Gasteiger partial charge >= 0.3 is 5.97 Å². The highest BCUT2D eigenvalue weighted by Gasteiger charge is 2.06. The summed E-state index contributed by atoms with van der Waals surface area (Å²) in [5, 5.41) is 8.96. The van der Waals surface area contributed by atoms with Crippen molar-refractivity contribution in [2.45, 2.75) is 25.9 Å². The van der Waals surface area contributed by atoms with E-state index in [-0.39, 0.29) is 12.4 Å². The van der Waals surface area contributed by atoms with Gasteiger partial charge in [-0.3, -0.25) is 4.79 Å². The van der Waals surface area contributed by atoms with Gasteiger partial charge in [-0.15, -0.1) is 0 Å². The van der Waals surface area contributed by atoms with Crippen molar-refractivity contribution in [2.24, 2.45) is 0 Å². The fourth-order valence-electron chi connectivity index (χ4n) is 0.998. The molecule has 1 rings (SSSR count). The molecule has 0 heterocycles. The first-order chi connectivity index (χ1) is 6.68. The van der Waals surface area contributed by atoms with Crippen LogP contribution in [0.5, 0.6) is 5.75 Å². The van der Waals surface area contributed by atoms with E-state index in [2.05, 4.69) is 0 Å². The van der Waals surface area contributed by atoms with Gasteiger partial charge in [-0.1, -0.05) is 18.2 Å². The van der Waals surface area contributed by atoms with Gasteiger partial charge in [0.05, 0.1) is 6.10 Å². The molecule has 0 aliphatic heterocycles. The number of aliphatic hydroxyl groups is 1. The SMILES string of the molecule is CC(O)CCC(=O)Oc1ccccc1.